The largest absolute Gasteiger partial charge is 0.490 e. The van der Waals surface area contributed by atoms with Gasteiger partial charge in [0.2, 0.25) is 11.8 Å². The van der Waals surface area contributed by atoms with Crippen molar-refractivity contribution < 1.29 is 37.0 Å². The molecule has 0 aromatic carbocycles. The Morgan fingerprint density at radius 3 is 2.43 bits per heavy atom. The van der Waals surface area contributed by atoms with Crippen LogP contribution in [0.1, 0.15) is 37.7 Å². The molecule has 2 fully saturated rings. The molecule has 1 aromatic heterocycles. The molecule has 0 radical (unpaired) electrons. The van der Waals surface area contributed by atoms with Gasteiger partial charge in [0, 0.05) is 18.2 Å². The Morgan fingerprint density at radius 2 is 1.97 bits per heavy atom. The SMILES string of the molecule is COc1nc(NC2CCC2)c(F)cc1CNC(=O)C1CCCN1.O=C(O)C(F)(F)F. The summed E-state index contributed by atoms with van der Waals surface area (Å²) in [6.45, 7) is 1.06. The van der Waals surface area contributed by atoms with E-state index in [-0.39, 0.29) is 24.3 Å². The summed E-state index contributed by atoms with van der Waals surface area (Å²) in [5.41, 5.74) is 0.538. The number of aliphatic carboxylic acids is 1. The third-order valence-electron chi connectivity index (χ3n) is 4.73. The van der Waals surface area contributed by atoms with E-state index in [1.807, 2.05) is 0 Å². The number of nitrogens with one attached hydrogen (secondary N) is 3. The number of ether oxygens (including phenoxy) is 1. The minimum absolute atomic E-state index is 0.0679. The molecule has 3 rings (SSSR count). The van der Waals surface area contributed by atoms with Crippen molar-refractivity contribution in [3.8, 4) is 5.88 Å². The molecule has 0 bridgehead atoms. The Balaban J connectivity index is 0.000000396. The predicted octanol–water partition coefficient (Wildman–Crippen LogP) is 2.20. The van der Waals surface area contributed by atoms with E-state index in [1.165, 1.54) is 13.2 Å². The molecule has 1 aliphatic heterocycles. The van der Waals surface area contributed by atoms with Crippen LogP contribution in [0.2, 0.25) is 0 Å². The number of amides is 1. The average molecular weight is 436 g/mol. The molecule has 1 aliphatic carbocycles. The van der Waals surface area contributed by atoms with Gasteiger partial charge in [-0.15, -0.1) is 0 Å². The average Bonchev–Trinajstić information content (AvgIpc) is 3.18. The zero-order valence-corrected chi connectivity index (χ0v) is 16.3. The maximum absolute atomic E-state index is 14.2. The number of halogens is 4. The molecule has 2 aliphatic rings. The predicted molar refractivity (Wildman–Crippen MR) is 98.6 cm³/mol. The van der Waals surface area contributed by atoms with Crippen LogP contribution < -0.4 is 20.7 Å². The number of hydrogen-bond donors (Lipinski definition) is 4. The second-order valence-electron chi connectivity index (χ2n) is 6.93. The number of carboxylic acid groups (broad SMARTS) is 1. The minimum atomic E-state index is -5.08. The van der Waals surface area contributed by atoms with Crippen molar-refractivity contribution in [3.05, 3.63) is 17.4 Å². The molecule has 1 saturated heterocycles. The van der Waals surface area contributed by atoms with Crippen molar-refractivity contribution in [2.45, 2.75) is 56.9 Å². The standard InChI is InChI=1S/C16H23FN4O2.C2HF3O2/c1-23-16-10(9-19-15(22)13-6-3-7-18-13)8-12(17)14(21-16)20-11-4-2-5-11;3-2(4,5)1(6)7/h8,11,13,18H,2-7,9H2,1H3,(H,19,22)(H,20,21);(H,6,7). The number of nitrogens with zero attached hydrogens (tertiary/aromatic N) is 1. The number of alkyl halides is 3. The molecule has 2 heterocycles. The van der Waals surface area contributed by atoms with Gasteiger partial charge in [0.15, 0.2) is 11.6 Å². The summed E-state index contributed by atoms with van der Waals surface area (Å²) < 4.78 is 51.2. The maximum atomic E-state index is 14.2. The highest BCUT2D eigenvalue weighted by molar-refractivity contribution is 5.82. The Bertz CT molecular complexity index is 750. The summed E-state index contributed by atoms with van der Waals surface area (Å²) in [6, 6.07) is 1.52. The van der Waals surface area contributed by atoms with Gasteiger partial charge >= 0.3 is 12.1 Å². The van der Waals surface area contributed by atoms with Gasteiger partial charge in [-0.05, 0) is 44.7 Å². The molecule has 12 heteroatoms. The molecule has 8 nitrogen and oxygen atoms in total. The molecule has 0 spiro atoms. The highest BCUT2D eigenvalue weighted by atomic mass is 19.4. The number of methoxy groups -OCH3 is 1. The Hall–Kier alpha value is -2.63. The highest BCUT2D eigenvalue weighted by Gasteiger charge is 2.38. The fourth-order valence-corrected chi connectivity index (χ4v) is 2.87. The monoisotopic (exact) mass is 436 g/mol. The lowest BCUT2D eigenvalue weighted by molar-refractivity contribution is -0.192. The minimum Gasteiger partial charge on any atom is -0.481 e. The molecule has 1 saturated carbocycles. The summed E-state index contributed by atoms with van der Waals surface area (Å²) in [7, 11) is 1.50. The number of carbonyl (C=O) groups excluding carboxylic acids is 1. The van der Waals surface area contributed by atoms with E-state index in [0.29, 0.717) is 17.5 Å². The van der Waals surface area contributed by atoms with Gasteiger partial charge in [-0.1, -0.05) is 0 Å². The summed E-state index contributed by atoms with van der Waals surface area (Å²) in [6.07, 6.45) is -0.0139. The first-order chi connectivity index (χ1) is 14.1. The van der Waals surface area contributed by atoms with Crippen LogP contribution in [-0.2, 0) is 16.1 Å². The van der Waals surface area contributed by atoms with Crippen LogP contribution in [0, 0.1) is 5.82 Å². The number of aromatic nitrogens is 1. The van der Waals surface area contributed by atoms with E-state index in [2.05, 4.69) is 20.9 Å². The van der Waals surface area contributed by atoms with Crippen molar-refractivity contribution in [1.82, 2.24) is 15.6 Å². The number of anilines is 1. The van der Waals surface area contributed by atoms with E-state index in [9.17, 15) is 22.4 Å². The van der Waals surface area contributed by atoms with E-state index in [0.717, 1.165) is 38.6 Å². The molecule has 168 valence electrons. The molecular weight excluding hydrogens is 412 g/mol. The first-order valence-electron chi connectivity index (χ1n) is 9.43. The number of rotatable bonds is 6. The van der Waals surface area contributed by atoms with Crippen molar-refractivity contribution in [1.29, 1.82) is 0 Å². The lowest BCUT2D eigenvalue weighted by atomic mass is 9.93. The fourth-order valence-electron chi connectivity index (χ4n) is 2.87. The van der Waals surface area contributed by atoms with Crippen LogP contribution in [0.25, 0.3) is 0 Å². The van der Waals surface area contributed by atoms with Crippen LogP contribution in [0.15, 0.2) is 6.07 Å². The topological polar surface area (TPSA) is 113 Å². The molecule has 1 atom stereocenters. The summed E-state index contributed by atoms with van der Waals surface area (Å²) in [5, 5.41) is 16.2. The molecule has 1 aromatic rings. The number of hydrogen-bond acceptors (Lipinski definition) is 6. The summed E-state index contributed by atoms with van der Waals surface area (Å²) in [4.78, 5) is 25.1. The summed E-state index contributed by atoms with van der Waals surface area (Å²) in [5.74, 6) is -2.68. The molecule has 1 unspecified atom stereocenters. The van der Waals surface area contributed by atoms with Crippen molar-refractivity contribution in [2.75, 3.05) is 19.0 Å². The first kappa shape index (κ1) is 23.6. The fraction of sp³-hybridized carbons (Fsp3) is 0.611. The Labute approximate surface area is 170 Å². The Kier molecular flexibility index (Phi) is 8.21. The third kappa shape index (κ3) is 6.71. The van der Waals surface area contributed by atoms with E-state index < -0.39 is 18.0 Å². The second-order valence-corrected chi connectivity index (χ2v) is 6.93. The van der Waals surface area contributed by atoms with E-state index >= 15 is 0 Å². The van der Waals surface area contributed by atoms with Crippen LogP contribution >= 0.6 is 0 Å². The van der Waals surface area contributed by atoms with Gasteiger partial charge in [0.05, 0.1) is 13.2 Å². The zero-order chi connectivity index (χ0) is 22.3. The lowest BCUT2D eigenvalue weighted by Crippen LogP contribution is -2.40. The van der Waals surface area contributed by atoms with Crippen LogP contribution in [-0.4, -0.2) is 53.9 Å². The zero-order valence-electron chi connectivity index (χ0n) is 16.3. The summed E-state index contributed by atoms with van der Waals surface area (Å²) >= 11 is 0. The second kappa shape index (κ2) is 10.4. The van der Waals surface area contributed by atoms with Crippen molar-refractivity contribution in [2.24, 2.45) is 0 Å². The third-order valence-corrected chi connectivity index (χ3v) is 4.73. The Morgan fingerprint density at radius 1 is 1.30 bits per heavy atom. The maximum Gasteiger partial charge on any atom is 0.490 e. The highest BCUT2D eigenvalue weighted by Crippen LogP contribution is 2.27. The van der Waals surface area contributed by atoms with Crippen LogP contribution in [0.3, 0.4) is 0 Å². The van der Waals surface area contributed by atoms with E-state index in [4.69, 9.17) is 14.6 Å². The van der Waals surface area contributed by atoms with Gasteiger partial charge in [0.1, 0.15) is 0 Å². The lowest BCUT2D eigenvalue weighted by Gasteiger charge is -2.27. The molecule has 30 heavy (non-hydrogen) atoms. The van der Waals surface area contributed by atoms with Gasteiger partial charge in [-0.25, -0.2) is 9.18 Å². The van der Waals surface area contributed by atoms with Gasteiger partial charge in [-0.2, -0.15) is 18.2 Å². The van der Waals surface area contributed by atoms with Gasteiger partial charge in [-0.3, -0.25) is 4.79 Å². The number of carboxylic acids is 1. The number of pyridine rings is 1. The first-order valence-corrected chi connectivity index (χ1v) is 9.43. The van der Waals surface area contributed by atoms with Gasteiger partial charge < -0.3 is 25.8 Å². The molecule has 1 amide bonds. The van der Waals surface area contributed by atoms with E-state index in [1.54, 1.807) is 0 Å². The molecular formula is C18H24F4N4O4. The normalized spacial score (nSPS) is 18.6. The van der Waals surface area contributed by atoms with Crippen molar-refractivity contribution in [3.63, 3.8) is 0 Å². The van der Waals surface area contributed by atoms with Crippen molar-refractivity contribution >= 4 is 17.7 Å². The number of carbonyl (C=O) groups is 2. The van der Waals surface area contributed by atoms with Gasteiger partial charge in [0.25, 0.3) is 0 Å². The van der Waals surface area contributed by atoms with Crippen LogP contribution in [0.4, 0.5) is 23.4 Å². The smallest absolute Gasteiger partial charge is 0.481 e. The van der Waals surface area contributed by atoms with Crippen LogP contribution in [0.5, 0.6) is 5.88 Å². The molecule has 4 N–H and O–H groups in total. The quantitative estimate of drug-likeness (QED) is 0.506.